The summed E-state index contributed by atoms with van der Waals surface area (Å²) in [5.74, 6) is 1.03. The molecule has 2 unspecified atom stereocenters. The number of anilines is 2. The molecule has 66 heavy (non-hydrogen) atoms. The molecule has 0 N–H and O–H groups in total. The minimum absolute atomic E-state index is 0.126. The molecule has 2 aromatic heterocycles. The average molecular weight is 842 g/mol. The molecule has 0 saturated heterocycles. The van der Waals surface area contributed by atoms with Gasteiger partial charge in [-0.1, -0.05) is 194 Å². The van der Waals surface area contributed by atoms with E-state index >= 15 is 0 Å². The highest BCUT2D eigenvalue weighted by Crippen LogP contribution is 2.52. The molecular weight excluding hydrogens is 799 g/mol. The second-order valence-electron chi connectivity index (χ2n) is 17.5. The standard InChI is InChI=1S/C63H43N3/c1-5-16-42(17-6-1)47-28-32-59-53(36-47)54-38-49(30-33-60(54)65(59)58-27-15-25-45-22-13-14-26-52(45)58)50-31-35-62-56(39-50)55-37-48(43-18-7-2-8-19-43)29-34-61(55)66(62)63-41-51(44-20-9-3-10-21-44)40-57(64-63)46-23-11-4-12-24-46/h1-41,54,60H. The summed E-state index contributed by atoms with van der Waals surface area (Å²) in [5, 5.41) is 4.90. The highest BCUT2D eigenvalue weighted by Gasteiger charge is 2.39. The van der Waals surface area contributed by atoms with Crippen LogP contribution in [0.3, 0.4) is 0 Å². The van der Waals surface area contributed by atoms with Gasteiger partial charge in [0.15, 0.2) is 0 Å². The number of aromatic nitrogens is 2. The Balaban J connectivity index is 0.991. The summed E-state index contributed by atoms with van der Waals surface area (Å²) in [6.45, 7) is 0. The van der Waals surface area contributed by atoms with Crippen LogP contribution >= 0.6 is 0 Å². The zero-order chi connectivity index (χ0) is 43.6. The Morgan fingerprint density at radius 2 is 0.939 bits per heavy atom. The number of fused-ring (bicyclic) bond motifs is 7. The van der Waals surface area contributed by atoms with Crippen molar-refractivity contribution in [3.63, 3.8) is 0 Å². The van der Waals surface area contributed by atoms with E-state index in [9.17, 15) is 0 Å². The van der Waals surface area contributed by atoms with Crippen molar-refractivity contribution in [1.82, 2.24) is 9.55 Å². The van der Waals surface area contributed by atoms with Gasteiger partial charge in [0.2, 0.25) is 0 Å². The fourth-order valence-electron chi connectivity index (χ4n) is 10.5. The summed E-state index contributed by atoms with van der Waals surface area (Å²) < 4.78 is 2.36. The lowest BCUT2D eigenvalue weighted by molar-refractivity contribution is 0.748. The van der Waals surface area contributed by atoms with Crippen LogP contribution in [0, 0.1) is 0 Å². The molecule has 2 atom stereocenters. The van der Waals surface area contributed by atoms with Gasteiger partial charge in [-0.05, 0) is 110 Å². The van der Waals surface area contributed by atoms with Gasteiger partial charge < -0.3 is 4.90 Å². The molecule has 0 fully saturated rings. The molecule has 0 saturated carbocycles. The second kappa shape index (κ2) is 15.6. The molecule has 13 rings (SSSR count). The van der Waals surface area contributed by atoms with Crippen molar-refractivity contribution >= 4 is 49.5 Å². The van der Waals surface area contributed by atoms with Crippen LogP contribution < -0.4 is 4.90 Å². The summed E-state index contributed by atoms with van der Waals surface area (Å²) in [5.41, 5.74) is 17.7. The molecule has 3 heterocycles. The van der Waals surface area contributed by atoms with Crippen molar-refractivity contribution in [3.8, 4) is 50.5 Å². The van der Waals surface area contributed by atoms with Gasteiger partial charge in [0.05, 0.1) is 22.8 Å². The smallest absolute Gasteiger partial charge is 0.138 e. The number of allylic oxidation sites excluding steroid dienone is 2. The van der Waals surface area contributed by atoms with Crippen LogP contribution in [0.4, 0.5) is 11.4 Å². The van der Waals surface area contributed by atoms with Crippen LogP contribution in [0.15, 0.2) is 249 Å². The predicted octanol–water partition coefficient (Wildman–Crippen LogP) is 16.3. The van der Waals surface area contributed by atoms with Gasteiger partial charge >= 0.3 is 0 Å². The Labute approximate surface area is 384 Å². The summed E-state index contributed by atoms with van der Waals surface area (Å²) >= 11 is 0. The minimum atomic E-state index is 0.126. The number of rotatable bonds is 7. The van der Waals surface area contributed by atoms with Crippen LogP contribution in [0.5, 0.6) is 0 Å². The van der Waals surface area contributed by atoms with Gasteiger partial charge in [0.1, 0.15) is 5.82 Å². The lowest BCUT2D eigenvalue weighted by Gasteiger charge is -2.30. The Morgan fingerprint density at radius 3 is 1.64 bits per heavy atom. The van der Waals surface area contributed by atoms with E-state index in [4.69, 9.17) is 4.98 Å². The first kappa shape index (κ1) is 38.0. The molecule has 0 bridgehead atoms. The lowest BCUT2D eigenvalue weighted by atomic mass is 9.85. The van der Waals surface area contributed by atoms with Crippen molar-refractivity contribution in [2.45, 2.75) is 12.0 Å². The maximum Gasteiger partial charge on any atom is 0.138 e. The van der Waals surface area contributed by atoms with Crippen LogP contribution in [0.1, 0.15) is 17.0 Å². The van der Waals surface area contributed by atoms with Crippen LogP contribution in [-0.4, -0.2) is 15.6 Å². The van der Waals surface area contributed by atoms with Crippen molar-refractivity contribution in [1.29, 1.82) is 0 Å². The molecular formula is C63H43N3. The Morgan fingerprint density at radius 1 is 0.379 bits per heavy atom. The predicted molar refractivity (Wildman–Crippen MR) is 276 cm³/mol. The topological polar surface area (TPSA) is 21.1 Å². The van der Waals surface area contributed by atoms with Crippen molar-refractivity contribution in [2.24, 2.45) is 0 Å². The average Bonchev–Trinajstić information content (AvgIpc) is 3.90. The number of hydrogen-bond acceptors (Lipinski definition) is 2. The quantitative estimate of drug-likeness (QED) is 0.159. The monoisotopic (exact) mass is 841 g/mol. The summed E-state index contributed by atoms with van der Waals surface area (Å²) in [6, 6.07) is 83.7. The highest BCUT2D eigenvalue weighted by molar-refractivity contribution is 6.11. The van der Waals surface area contributed by atoms with Crippen LogP contribution in [-0.2, 0) is 0 Å². The Hall–Kier alpha value is -8.53. The molecule has 0 amide bonds. The fraction of sp³-hybridized carbons (Fsp3) is 0.0317. The lowest BCUT2D eigenvalue weighted by Crippen LogP contribution is -2.29. The molecule has 2 aliphatic rings. The zero-order valence-electron chi connectivity index (χ0n) is 36.2. The van der Waals surface area contributed by atoms with E-state index in [2.05, 4.69) is 258 Å². The van der Waals surface area contributed by atoms with Crippen LogP contribution in [0.2, 0.25) is 0 Å². The number of nitrogens with zero attached hydrogens (tertiary/aromatic N) is 3. The first-order valence-electron chi connectivity index (χ1n) is 22.9. The Bertz CT molecular complexity index is 3640. The molecule has 0 radical (unpaired) electrons. The zero-order valence-corrected chi connectivity index (χ0v) is 36.2. The van der Waals surface area contributed by atoms with Crippen molar-refractivity contribution < 1.29 is 0 Å². The number of pyridine rings is 1. The van der Waals surface area contributed by atoms with Crippen molar-refractivity contribution in [2.75, 3.05) is 4.90 Å². The molecule has 1 aliphatic heterocycles. The second-order valence-corrected chi connectivity index (χ2v) is 17.5. The summed E-state index contributed by atoms with van der Waals surface area (Å²) in [4.78, 5) is 8.01. The minimum Gasteiger partial charge on any atom is -0.333 e. The van der Waals surface area contributed by atoms with Gasteiger partial charge in [0.25, 0.3) is 0 Å². The maximum atomic E-state index is 5.44. The van der Waals surface area contributed by atoms with E-state index in [1.54, 1.807) is 0 Å². The first-order valence-corrected chi connectivity index (χ1v) is 22.9. The van der Waals surface area contributed by atoms with E-state index in [1.165, 1.54) is 71.9 Å². The maximum absolute atomic E-state index is 5.44. The molecule has 3 heteroatoms. The SMILES string of the molecule is C1=CC2C(C=C1c1ccc3c(c1)c1cc(-c4ccccc4)ccc1n3-c1cc(-c3ccccc3)cc(-c3ccccc3)n1)c1cc(-c3ccccc3)ccc1N2c1cccc2ccccc12. The first-order chi connectivity index (χ1) is 32.7. The van der Waals surface area contributed by atoms with E-state index in [0.717, 1.165) is 39.2 Å². The van der Waals surface area contributed by atoms with Gasteiger partial charge in [-0.3, -0.25) is 4.57 Å². The van der Waals surface area contributed by atoms with Crippen molar-refractivity contribution in [3.05, 3.63) is 260 Å². The summed E-state index contributed by atoms with van der Waals surface area (Å²) in [7, 11) is 0. The fourth-order valence-corrected chi connectivity index (χ4v) is 10.5. The Kier molecular flexibility index (Phi) is 8.99. The van der Waals surface area contributed by atoms with Crippen LogP contribution in [0.25, 0.3) is 88.6 Å². The largest absolute Gasteiger partial charge is 0.333 e. The molecule has 11 aromatic rings. The van der Waals surface area contributed by atoms with Gasteiger partial charge in [-0.15, -0.1) is 0 Å². The molecule has 0 spiro atoms. The van der Waals surface area contributed by atoms with E-state index in [-0.39, 0.29) is 12.0 Å². The highest BCUT2D eigenvalue weighted by atomic mass is 15.2. The number of benzene rings is 9. The molecule has 1 aliphatic carbocycles. The van der Waals surface area contributed by atoms with E-state index in [1.807, 2.05) is 0 Å². The molecule has 9 aromatic carbocycles. The summed E-state index contributed by atoms with van der Waals surface area (Å²) in [6.07, 6.45) is 7.32. The third-order valence-electron chi connectivity index (χ3n) is 13.7. The van der Waals surface area contributed by atoms with Gasteiger partial charge in [-0.2, -0.15) is 0 Å². The third-order valence-corrected chi connectivity index (χ3v) is 13.7. The number of hydrogen-bond donors (Lipinski definition) is 0. The van der Waals surface area contributed by atoms with E-state index in [0.29, 0.717) is 0 Å². The van der Waals surface area contributed by atoms with Gasteiger partial charge in [0, 0.05) is 39.0 Å². The molecule has 3 nitrogen and oxygen atoms in total. The van der Waals surface area contributed by atoms with Gasteiger partial charge in [-0.25, -0.2) is 4.98 Å². The normalized spacial score (nSPS) is 15.3. The third kappa shape index (κ3) is 6.39. The van der Waals surface area contributed by atoms with E-state index < -0.39 is 0 Å². The molecule has 310 valence electrons.